The second-order valence-electron chi connectivity index (χ2n) is 9.84. The molecule has 0 amide bonds. The topological polar surface area (TPSA) is 49.7 Å². The van der Waals surface area contributed by atoms with Gasteiger partial charge in [-0.05, 0) is 45.3 Å². The largest absolute Gasteiger partial charge is 0.488 e. The van der Waals surface area contributed by atoms with Crippen molar-refractivity contribution in [3.8, 4) is 11.8 Å². The van der Waals surface area contributed by atoms with Crippen molar-refractivity contribution in [1.82, 2.24) is 0 Å². The van der Waals surface area contributed by atoms with Crippen LogP contribution in [0, 0.1) is 23.7 Å². The Morgan fingerprint density at radius 2 is 1.42 bits per heavy atom. The summed E-state index contributed by atoms with van der Waals surface area (Å²) in [7, 11) is -3.95. The monoisotopic (exact) mass is 454 g/mol. The Morgan fingerprint density at radius 1 is 0.879 bits per heavy atom. The predicted octanol–water partition coefficient (Wildman–Crippen LogP) is 2.93. The molecule has 0 heterocycles. The van der Waals surface area contributed by atoms with Crippen molar-refractivity contribution in [1.29, 1.82) is 0 Å². The second-order valence-corrected chi connectivity index (χ2v) is 14.1. The quantitative estimate of drug-likeness (QED) is 0.445. The van der Waals surface area contributed by atoms with Crippen molar-refractivity contribution in [3.05, 3.63) is 90.5 Å². The van der Waals surface area contributed by atoms with E-state index in [4.69, 9.17) is 4.43 Å². The van der Waals surface area contributed by atoms with E-state index >= 15 is 0 Å². The van der Waals surface area contributed by atoms with E-state index in [-0.39, 0.29) is 5.04 Å². The summed E-state index contributed by atoms with van der Waals surface area (Å²) in [5.74, 6) is 7.40. The van der Waals surface area contributed by atoms with E-state index in [9.17, 15) is 10.0 Å². The van der Waals surface area contributed by atoms with Crippen LogP contribution in [0.2, 0.25) is 5.04 Å². The molecule has 0 saturated heterocycles. The summed E-state index contributed by atoms with van der Waals surface area (Å²) < 4.78 is 7.03. The molecule has 33 heavy (non-hydrogen) atoms. The van der Waals surface area contributed by atoms with Gasteiger partial charge >= 0.3 is 7.12 Å². The molecule has 3 nitrogen and oxygen atoms in total. The maximum Gasteiger partial charge on any atom is 0.488 e. The predicted molar refractivity (Wildman–Crippen MR) is 138 cm³/mol. The lowest BCUT2D eigenvalue weighted by atomic mass is 9.80. The van der Waals surface area contributed by atoms with Crippen LogP contribution in [0.15, 0.2) is 84.9 Å². The number of hydrogen-bond donors (Lipinski definition) is 2. The van der Waals surface area contributed by atoms with Crippen LogP contribution in [0.1, 0.15) is 32.8 Å². The van der Waals surface area contributed by atoms with Gasteiger partial charge < -0.3 is 14.5 Å². The Hall–Kier alpha value is -2.62. The summed E-state index contributed by atoms with van der Waals surface area (Å²) in [6.45, 7) is 7.62. The van der Waals surface area contributed by atoms with Crippen molar-refractivity contribution in [2.75, 3.05) is 6.61 Å². The fraction of sp³-hybridized carbons (Fsp3) is 0.286. The van der Waals surface area contributed by atoms with Gasteiger partial charge in [0.25, 0.3) is 8.32 Å². The van der Waals surface area contributed by atoms with Crippen molar-refractivity contribution < 1.29 is 14.5 Å². The molecule has 0 spiro atoms. The molecule has 0 aromatic heterocycles. The maximum absolute atomic E-state index is 9.23. The molecule has 3 aromatic carbocycles. The fourth-order valence-electron chi connectivity index (χ4n) is 4.52. The molecular formula is C28H31BO3Si. The third-order valence-electron chi connectivity index (χ3n) is 6.46. The molecule has 0 aliphatic heterocycles. The van der Waals surface area contributed by atoms with Crippen LogP contribution in [0.5, 0.6) is 0 Å². The molecular weight excluding hydrogens is 423 g/mol. The Balaban J connectivity index is 1.52. The van der Waals surface area contributed by atoms with Crippen LogP contribution in [0.3, 0.4) is 0 Å². The second kappa shape index (κ2) is 9.71. The van der Waals surface area contributed by atoms with Crippen molar-refractivity contribution in [3.63, 3.8) is 0 Å². The Kier molecular flexibility index (Phi) is 6.92. The van der Waals surface area contributed by atoms with Crippen LogP contribution in [-0.2, 0) is 4.43 Å². The van der Waals surface area contributed by atoms with Gasteiger partial charge in [-0.3, -0.25) is 0 Å². The first-order valence-electron chi connectivity index (χ1n) is 11.5. The molecule has 0 unspecified atom stereocenters. The van der Waals surface area contributed by atoms with Crippen LogP contribution in [0.25, 0.3) is 0 Å². The molecule has 0 radical (unpaired) electrons. The van der Waals surface area contributed by atoms with Crippen LogP contribution < -0.4 is 15.8 Å². The molecule has 2 N–H and O–H groups in total. The molecule has 4 rings (SSSR count). The van der Waals surface area contributed by atoms with Crippen LogP contribution in [-0.4, -0.2) is 32.1 Å². The Labute approximate surface area is 198 Å². The van der Waals surface area contributed by atoms with Crippen molar-refractivity contribution in [2.24, 2.45) is 11.8 Å². The smallest absolute Gasteiger partial charge is 0.423 e. The highest BCUT2D eigenvalue weighted by molar-refractivity contribution is 6.99. The number of hydrogen-bond acceptors (Lipinski definition) is 3. The first kappa shape index (κ1) is 23.5. The van der Waals surface area contributed by atoms with E-state index < -0.39 is 15.4 Å². The zero-order chi connectivity index (χ0) is 23.5. The van der Waals surface area contributed by atoms with E-state index in [1.165, 1.54) is 10.4 Å². The lowest BCUT2D eigenvalue weighted by Crippen LogP contribution is -2.66. The minimum atomic E-state index is -2.50. The zero-order valence-corrected chi connectivity index (χ0v) is 20.5. The molecule has 1 aliphatic carbocycles. The third kappa shape index (κ3) is 5.15. The average Bonchev–Trinajstić information content (AvgIpc) is 3.57. The summed E-state index contributed by atoms with van der Waals surface area (Å²) in [6, 6.07) is 28.5. The molecule has 1 saturated carbocycles. The summed E-state index contributed by atoms with van der Waals surface area (Å²) in [4.78, 5) is 0. The summed E-state index contributed by atoms with van der Waals surface area (Å²) >= 11 is 0. The summed E-state index contributed by atoms with van der Waals surface area (Å²) in [5.41, 5.74) is 1.36. The Bertz CT molecular complexity index is 1070. The normalized spacial score (nSPS) is 17.7. The highest BCUT2D eigenvalue weighted by atomic mass is 28.4. The van der Waals surface area contributed by atoms with Crippen molar-refractivity contribution >= 4 is 31.3 Å². The molecule has 3 aromatic rings. The van der Waals surface area contributed by atoms with E-state index in [2.05, 4.69) is 93.3 Å². The lowest BCUT2D eigenvalue weighted by Gasteiger charge is -2.43. The summed E-state index contributed by atoms with van der Waals surface area (Å²) in [5, 5.41) is 21.1. The van der Waals surface area contributed by atoms with Crippen LogP contribution >= 0.6 is 0 Å². The van der Waals surface area contributed by atoms with Gasteiger partial charge in [0.15, 0.2) is 0 Å². The van der Waals surface area contributed by atoms with Gasteiger partial charge in [-0.2, -0.15) is 0 Å². The van der Waals surface area contributed by atoms with Gasteiger partial charge in [0.05, 0.1) is 0 Å². The zero-order valence-electron chi connectivity index (χ0n) is 19.5. The number of rotatable bonds is 6. The first-order valence-corrected chi connectivity index (χ1v) is 13.4. The molecule has 1 fully saturated rings. The van der Waals surface area contributed by atoms with Crippen LogP contribution in [0.4, 0.5) is 0 Å². The number of benzene rings is 3. The standard InChI is InChI=1S/C28H31BO3Si/c1-28(2,3)33(26-10-6-4-7-11-26,27-12-8-5-9-13-27)32-21-24-20-23(24)17-14-22-15-18-25(19-16-22)29(30)31/h4-13,15-16,18-19,23-24,30-31H,20-21H2,1-3H3/t23-,24+/m0/s1. The third-order valence-corrected chi connectivity index (χ3v) is 11.5. The van der Waals surface area contributed by atoms with Crippen molar-refractivity contribution in [2.45, 2.75) is 32.2 Å². The van der Waals surface area contributed by atoms with Gasteiger partial charge in [-0.1, -0.05) is 105 Å². The van der Waals surface area contributed by atoms with E-state index in [1.807, 2.05) is 12.1 Å². The average molecular weight is 454 g/mol. The highest BCUT2D eigenvalue weighted by Gasteiger charge is 2.51. The van der Waals surface area contributed by atoms with Gasteiger partial charge in [-0.25, -0.2) is 0 Å². The molecule has 2 atom stereocenters. The Morgan fingerprint density at radius 3 is 1.91 bits per heavy atom. The molecule has 1 aliphatic rings. The van der Waals surface area contributed by atoms with Gasteiger partial charge in [0, 0.05) is 18.1 Å². The van der Waals surface area contributed by atoms with E-state index in [0.29, 0.717) is 23.9 Å². The van der Waals surface area contributed by atoms with Gasteiger partial charge in [-0.15, -0.1) is 0 Å². The maximum atomic E-state index is 9.23. The van der Waals surface area contributed by atoms with E-state index in [1.54, 1.807) is 12.1 Å². The molecule has 0 bridgehead atoms. The first-order chi connectivity index (χ1) is 15.8. The minimum Gasteiger partial charge on any atom is -0.423 e. The van der Waals surface area contributed by atoms with Gasteiger partial charge in [0.1, 0.15) is 0 Å². The van der Waals surface area contributed by atoms with Gasteiger partial charge in [0.2, 0.25) is 0 Å². The fourth-order valence-corrected chi connectivity index (χ4v) is 9.14. The SMILES string of the molecule is CC(C)(C)[Si](OC[C@H]1C[C@@H]1C#Cc1ccc(B(O)O)cc1)(c1ccccc1)c1ccccc1. The summed E-state index contributed by atoms with van der Waals surface area (Å²) in [6.07, 6.45) is 1.05. The lowest BCUT2D eigenvalue weighted by molar-refractivity contribution is 0.278. The molecule has 5 heteroatoms. The minimum absolute atomic E-state index is 0.0230. The molecule has 168 valence electrons. The highest BCUT2D eigenvalue weighted by Crippen LogP contribution is 2.42. The van der Waals surface area contributed by atoms with E-state index in [0.717, 1.165) is 12.0 Å².